The van der Waals surface area contributed by atoms with Gasteiger partial charge in [0.2, 0.25) is 0 Å². The minimum Gasteiger partial charge on any atom is -0.468 e. The molecule has 5 atom stereocenters. The molecule has 4 heteroatoms. The number of fused-ring (bicyclic) bond motifs is 12. The molecule has 430 valence electrons. The molecule has 5 unspecified atom stereocenters. The summed E-state index contributed by atoms with van der Waals surface area (Å²) < 4.78 is 7.98. The van der Waals surface area contributed by atoms with Crippen molar-refractivity contribution in [2.45, 2.75) is 222 Å². The highest BCUT2D eigenvalue weighted by Gasteiger charge is 2.57. The number of hydrogen-bond acceptors (Lipinski definition) is 3. The lowest BCUT2D eigenvalue weighted by Crippen LogP contribution is -2.58. The zero-order valence-electron chi connectivity index (χ0n) is 53.9. The average Bonchev–Trinajstić information content (AvgIpc) is 1.74. The SMILES string of the molecule is CC1=CC2=C3B(C4=C(CC5C(=C4)C(C)(C)CCC5(C)C)N2c2cc4c(cc2-c2cccc5c2C=CC2=CC=CCC25)C(C)(C)CCC4(C)C)c2oc4cc5c(cc4c2N(C2=CC4C(C=C2)C(C)(C)CCC4(C)C)C3C1)C(C)(C)CCC5(C)C. The molecule has 11 aliphatic rings. The summed E-state index contributed by atoms with van der Waals surface area (Å²) >= 11 is 0. The topological polar surface area (TPSA) is 19.6 Å². The summed E-state index contributed by atoms with van der Waals surface area (Å²) in [5.74, 6) is 1.69. The molecule has 0 radical (unpaired) electrons. The van der Waals surface area contributed by atoms with Gasteiger partial charge in [-0.25, -0.2) is 0 Å². The molecule has 0 amide bonds. The standard InChI is InChI=1S/C79H95BN2O/c1-46-37-66-69-67(38-46)82(64-43-60-57(74(6,7)31-34-77(60,12)13)40-53(64)51-24-20-23-50-49-22-19-18-21-47(49)25-27-52(50)51)65-44-61-59(76(10,11)33-35-78(61,14)15)42-63(65)80(69)71-70(54-41-58-62(45-68(54)83-71)79(16,17)36-32-75(58,8)9)81(66)48-26-28-55-56(39-48)73(4,5)30-29-72(55,2)3/h18-21,23-28,38-43,45,49,55-56,61,66H,22,29-37,44H2,1-17H3. The fraction of sp³-hybridized carbons (Fsp3) is 0.519. The van der Waals surface area contributed by atoms with E-state index in [4.69, 9.17) is 4.42 Å². The predicted octanol–water partition coefficient (Wildman–Crippen LogP) is 20.5. The summed E-state index contributed by atoms with van der Waals surface area (Å²) in [7, 11) is 0. The summed E-state index contributed by atoms with van der Waals surface area (Å²) in [6.07, 6.45) is 38.0. The molecule has 2 saturated carbocycles. The van der Waals surface area contributed by atoms with Crippen molar-refractivity contribution in [3.63, 3.8) is 0 Å². The molecule has 9 aliphatic carbocycles. The first kappa shape index (κ1) is 54.2. The third-order valence-corrected chi connectivity index (χ3v) is 25.1. The molecule has 2 aliphatic heterocycles. The van der Waals surface area contributed by atoms with Crippen molar-refractivity contribution in [2.75, 3.05) is 9.80 Å². The van der Waals surface area contributed by atoms with Crippen LogP contribution in [0.15, 0.2) is 146 Å². The highest BCUT2D eigenvalue weighted by molar-refractivity contribution is 6.88. The lowest BCUT2D eigenvalue weighted by molar-refractivity contribution is 0.0326. The number of benzene rings is 3. The van der Waals surface area contributed by atoms with Crippen LogP contribution < -0.4 is 15.5 Å². The maximum Gasteiger partial charge on any atom is 0.292 e. The molecule has 83 heavy (non-hydrogen) atoms. The number of rotatable bonds is 3. The minimum absolute atomic E-state index is 0.0116. The lowest BCUT2D eigenvalue weighted by atomic mass is 9.31. The largest absolute Gasteiger partial charge is 0.468 e. The van der Waals surface area contributed by atoms with Crippen LogP contribution in [0.25, 0.3) is 28.2 Å². The molecule has 4 aromatic rings. The molecule has 0 spiro atoms. The molecule has 3 aromatic carbocycles. The molecule has 0 N–H and O–H groups in total. The predicted molar refractivity (Wildman–Crippen MR) is 353 cm³/mol. The van der Waals surface area contributed by atoms with Gasteiger partial charge in [0, 0.05) is 34.0 Å². The van der Waals surface area contributed by atoms with E-state index in [0.717, 1.165) is 30.5 Å². The smallest absolute Gasteiger partial charge is 0.292 e. The first-order valence-corrected chi connectivity index (χ1v) is 32.8. The maximum atomic E-state index is 7.98. The summed E-state index contributed by atoms with van der Waals surface area (Å²) in [6.45, 7) is 43.1. The quantitative estimate of drug-likeness (QED) is 0.191. The van der Waals surface area contributed by atoms with Gasteiger partial charge >= 0.3 is 0 Å². The van der Waals surface area contributed by atoms with Gasteiger partial charge in [0.25, 0.3) is 6.71 Å². The van der Waals surface area contributed by atoms with Crippen molar-refractivity contribution in [1.29, 1.82) is 0 Å². The van der Waals surface area contributed by atoms with Crippen molar-refractivity contribution < 1.29 is 4.42 Å². The third kappa shape index (κ3) is 7.79. The molecule has 15 rings (SSSR count). The lowest BCUT2D eigenvalue weighted by Gasteiger charge is -2.56. The summed E-state index contributed by atoms with van der Waals surface area (Å²) in [4.78, 5) is 5.82. The first-order valence-electron chi connectivity index (χ1n) is 32.8. The van der Waals surface area contributed by atoms with E-state index in [2.05, 4.69) is 231 Å². The van der Waals surface area contributed by atoms with Crippen LogP contribution in [0.5, 0.6) is 0 Å². The van der Waals surface area contributed by atoms with E-state index in [1.165, 1.54) is 152 Å². The normalized spacial score (nSPS) is 29.8. The zero-order valence-corrected chi connectivity index (χ0v) is 53.9. The van der Waals surface area contributed by atoms with E-state index < -0.39 is 0 Å². The molecule has 0 bridgehead atoms. The van der Waals surface area contributed by atoms with Crippen LogP contribution in [-0.2, 0) is 21.7 Å². The van der Waals surface area contributed by atoms with Gasteiger partial charge in [0.15, 0.2) is 0 Å². The molecule has 3 nitrogen and oxygen atoms in total. The van der Waals surface area contributed by atoms with Crippen LogP contribution in [-0.4, -0.2) is 12.8 Å². The Morgan fingerprint density at radius 2 is 1.25 bits per heavy atom. The van der Waals surface area contributed by atoms with Crippen molar-refractivity contribution in [3.8, 4) is 11.1 Å². The number of furan rings is 1. The second-order valence-corrected chi connectivity index (χ2v) is 34.0. The number of hydrogen-bond donors (Lipinski definition) is 0. The Morgan fingerprint density at radius 1 is 0.614 bits per heavy atom. The van der Waals surface area contributed by atoms with Gasteiger partial charge in [0.05, 0.1) is 23.1 Å². The van der Waals surface area contributed by atoms with E-state index in [0.29, 0.717) is 23.7 Å². The Morgan fingerprint density at radius 3 is 1.96 bits per heavy atom. The number of anilines is 2. The number of allylic oxidation sites excluding steroid dienone is 13. The van der Waals surface area contributed by atoms with Crippen molar-refractivity contribution in [1.82, 2.24) is 0 Å². The van der Waals surface area contributed by atoms with Gasteiger partial charge in [-0.05, 0) is 231 Å². The van der Waals surface area contributed by atoms with Gasteiger partial charge in [0.1, 0.15) is 5.58 Å². The van der Waals surface area contributed by atoms with Crippen LogP contribution >= 0.6 is 0 Å². The Hall–Kier alpha value is -5.48. The van der Waals surface area contributed by atoms with Crippen LogP contribution in [0, 0.1) is 39.4 Å². The van der Waals surface area contributed by atoms with Gasteiger partial charge in [-0.15, -0.1) is 0 Å². The first-order chi connectivity index (χ1) is 39.0. The zero-order chi connectivity index (χ0) is 58.2. The van der Waals surface area contributed by atoms with Crippen LogP contribution in [0.3, 0.4) is 0 Å². The number of nitrogens with zero attached hydrogens (tertiary/aromatic N) is 2. The Bertz CT molecular complexity index is 3850. The second-order valence-electron chi connectivity index (χ2n) is 34.0. The molecule has 1 aromatic heterocycles. The average molecular weight is 1100 g/mol. The molecule has 3 heterocycles. The van der Waals surface area contributed by atoms with Crippen molar-refractivity contribution in [2.24, 2.45) is 39.4 Å². The van der Waals surface area contributed by atoms with Gasteiger partial charge in [-0.1, -0.05) is 189 Å². The van der Waals surface area contributed by atoms with Gasteiger partial charge < -0.3 is 14.2 Å². The minimum atomic E-state index is -0.0315. The van der Waals surface area contributed by atoms with Crippen molar-refractivity contribution >= 4 is 40.8 Å². The summed E-state index contributed by atoms with van der Waals surface area (Å²) in [5, 5.41) is 1.30. The summed E-state index contributed by atoms with van der Waals surface area (Å²) in [6, 6.07) is 18.0. The fourth-order valence-electron chi connectivity index (χ4n) is 19.1. The molecular weight excluding hydrogens is 1000 g/mol. The highest BCUT2D eigenvalue weighted by Crippen LogP contribution is 2.63. The fourth-order valence-corrected chi connectivity index (χ4v) is 19.1. The Kier molecular flexibility index (Phi) is 11.3. The van der Waals surface area contributed by atoms with E-state index in [1.807, 2.05) is 0 Å². The van der Waals surface area contributed by atoms with E-state index >= 15 is 0 Å². The molecule has 0 saturated heterocycles. The Balaban J connectivity index is 1.06. The van der Waals surface area contributed by atoms with Crippen LogP contribution in [0.2, 0.25) is 0 Å². The van der Waals surface area contributed by atoms with Crippen LogP contribution in [0.4, 0.5) is 11.4 Å². The molecular formula is C79H95BN2O. The second kappa shape index (κ2) is 17.4. The van der Waals surface area contributed by atoms with E-state index in [1.54, 1.807) is 5.57 Å². The third-order valence-electron chi connectivity index (χ3n) is 25.1. The molecule has 2 fully saturated rings. The Labute approximate surface area is 500 Å². The maximum absolute atomic E-state index is 7.98. The van der Waals surface area contributed by atoms with E-state index in [9.17, 15) is 0 Å². The highest BCUT2D eigenvalue weighted by atomic mass is 16.3. The summed E-state index contributed by atoms with van der Waals surface area (Å²) in [5.41, 5.74) is 29.1. The van der Waals surface area contributed by atoms with E-state index in [-0.39, 0.29) is 56.1 Å². The van der Waals surface area contributed by atoms with Gasteiger partial charge in [-0.2, -0.15) is 0 Å². The van der Waals surface area contributed by atoms with Crippen molar-refractivity contribution in [3.05, 3.63) is 175 Å². The monoisotopic (exact) mass is 1100 g/mol. The van der Waals surface area contributed by atoms with Gasteiger partial charge in [-0.3, -0.25) is 0 Å². The van der Waals surface area contributed by atoms with Crippen LogP contribution in [0.1, 0.15) is 228 Å².